The number of hydrogen-bond donors (Lipinski definition) is 0. The van der Waals surface area contributed by atoms with E-state index in [2.05, 4.69) is 47.2 Å². The third kappa shape index (κ3) is 2.81. The lowest BCUT2D eigenvalue weighted by molar-refractivity contribution is 0.933. The van der Waals surface area contributed by atoms with Crippen molar-refractivity contribution in [2.24, 2.45) is 0 Å². The van der Waals surface area contributed by atoms with E-state index in [9.17, 15) is 0 Å². The van der Waals surface area contributed by atoms with Crippen molar-refractivity contribution in [1.29, 1.82) is 0 Å². The third-order valence-corrected chi connectivity index (χ3v) is 4.53. The first-order valence-electron chi connectivity index (χ1n) is 6.31. The van der Waals surface area contributed by atoms with Gasteiger partial charge in [-0.2, -0.15) is 0 Å². The van der Waals surface area contributed by atoms with E-state index >= 15 is 0 Å². The second-order valence-corrected chi connectivity index (χ2v) is 6.28. The predicted octanol–water partition coefficient (Wildman–Crippen LogP) is 4.81. The van der Waals surface area contributed by atoms with Crippen LogP contribution in [-0.4, -0.2) is 16.2 Å². The lowest BCUT2D eigenvalue weighted by Crippen LogP contribution is -1.91. The minimum atomic E-state index is 0.818. The first kappa shape index (κ1) is 13.5. The van der Waals surface area contributed by atoms with Crippen LogP contribution in [0.3, 0.4) is 0 Å². The van der Waals surface area contributed by atoms with Crippen LogP contribution >= 0.6 is 23.5 Å². The average molecular weight is 298 g/mol. The molecule has 0 fully saturated rings. The molecular weight excluding hydrogens is 284 g/mol. The molecule has 0 aliphatic rings. The normalized spacial score (nSPS) is 10.9. The number of nitrogens with zero attached hydrogens (tertiary/aromatic N) is 2. The van der Waals surface area contributed by atoms with Crippen LogP contribution in [0.2, 0.25) is 0 Å². The maximum absolute atomic E-state index is 4.65. The summed E-state index contributed by atoms with van der Waals surface area (Å²) in [5.41, 5.74) is 2.27. The van der Waals surface area contributed by atoms with E-state index in [-0.39, 0.29) is 0 Å². The van der Waals surface area contributed by atoms with Gasteiger partial charge in [-0.1, -0.05) is 59.4 Å². The van der Waals surface area contributed by atoms with Gasteiger partial charge >= 0.3 is 0 Å². The Bertz CT molecular complexity index is 739. The Morgan fingerprint density at radius 2 is 1.65 bits per heavy atom. The quantitative estimate of drug-likeness (QED) is 0.393. The summed E-state index contributed by atoms with van der Waals surface area (Å²) < 4.78 is 0. The number of rotatable bonds is 3. The molecule has 3 rings (SSSR count). The van der Waals surface area contributed by atoms with Crippen LogP contribution in [0.5, 0.6) is 0 Å². The van der Waals surface area contributed by atoms with Crippen molar-refractivity contribution in [3.8, 4) is 0 Å². The van der Waals surface area contributed by atoms with Crippen molar-refractivity contribution in [3.63, 3.8) is 0 Å². The standard InChI is InChI=1S/C16H14N2S2/c1-11-7-9-12(10-8-11)20-15-13-5-3-4-6-14(13)17-16(18-15)19-2/h3-10H,1-2H3. The molecule has 0 amide bonds. The molecule has 4 heteroatoms. The minimum Gasteiger partial charge on any atom is -0.222 e. The van der Waals surface area contributed by atoms with Crippen LogP contribution in [0.1, 0.15) is 5.56 Å². The van der Waals surface area contributed by atoms with Crippen molar-refractivity contribution < 1.29 is 0 Å². The fourth-order valence-electron chi connectivity index (χ4n) is 1.91. The monoisotopic (exact) mass is 298 g/mol. The summed E-state index contributed by atoms with van der Waals surface area (Å²) in [5.74, 6) is 0. The fourth-order valence-corrected chi connectivity index (χ4v) is 3.25. The largest absolute Gasteiger partial charge is 0.222 e. The average Bonchev–Trinajstić information content (AvgIpc) is 2.49. The number of aryl methyl sites for hydroxylation is 1. The van der Waals surface area contributed by atoms with Crippen LogP contribution < -0.4 is 0 Å². The maximum atomic E-state index is 4.65. The van der Waals surface area contributed by atoms with Gasteiger partial charge in [-0.15, -0.1) is 0 Å². The summed E-state index contributed by atoms with van der Waals surface area (Å²) in [4.78, 5) is 10.4. The summed E-state index contributed by atoms with van der Waals surface area (Å²) in [6.45, 7) is 2.10. The van der Waals surface area contributed by atoms with Gasteiger partial charge in [0.25, 0.3) is 0 Å². The van der Waals surface area contributed by atoms with Gasteiger partial charge in [0, 0.05) is 10.3 Å². The van der Waals surface area contributed by atoms with Crippen LogP contribution in [0.25, 0.3) is 10.9 Å². The molecule has 0 saturated heterocycles. The van der Waals surface area contributed by atoms with Gasteiger partial charge < -0.3 is 0 Å². The minimum absolute atomic E-state index is 0.818. The third-order valence-electron chi connectivity index (χ3n) is 2.97. The molecule has 0 bridgehead atoms. The van der Waals surface area contributed by atoms with Gasteiger partial charge in [-0.3, -0.25) is 0 Å². The van der Waals surface area contributed by atoms with E-state index in [1.165, 1.54) is 10.5 Å². The highest BCUT2D eigenvalue weighted by atomic mass is 32.2. The Morgan fingerprint density at radius 3 is 2.40 bits per heavy atom. The van der Waals surface area contributed by atoms with Gasteiger partial charge in [0.05, 0.1) is 5.52 Å². The Hall–Kier alpha value is -1.52. The van der Waals surface area contributed by atoms with Crippen molar-refractivity contribution in [3.05, 3.63) is 54.1 Å². The lowest BCUT2D eigenvalue weighted by Gasteiger charge is -2.07. The summed E-state index contributed by atoms with van der Waals surface area (Å²) in [6.07, 6.45) is 2.00. The van der Waals surface area contributed by atoms with Crippen LogP contribution in [0.15, 0.2) is 63.6 Å². The van der Waals surface area contributed by atoms with Gasteiger partial charge in [-0.25, -0.2) is 9.97 Å². The van der Waals surface area contributed by atoms with Crippen molar-refractivity contribution >= 4 is 34.4 Å². The zero-order valence-electron chi connectivity index (χ0n) is 11.3. The number of para-hydroxylation sites is 1. The van der Waals surface area contributed by atoms with E-state index in [1.54, 1.807) is 23.5 Å². The molecule has 0 N–H and O–H groups in total. The second kappa shape index (κ2) is 5.85. The smallest absolute Gasteiger partial charge is 0.188 e. The molecule has 100 valence electrons. The van der Waals surface area contributed by atoms with E-state index < -0.39 is 0 Å². The molecule has 2 aromatic carbocycles. The highest BCUT2D eigenvalue weighted by Crippen LogP contribution is 2.32. The number of benzene rings is 2. The molecule has 1 heterocycles. The van der Waals surface area contributed by atoms with Gasteiger partial charge in [0.1, 0.15) is 5.03 Å². The first-order chi connectivity index (χ1) is 9.76. The van der Waals surface area contributed by atoms with E-state index in [1.807, 2.05) is 24.5 Å². The Kier molecular flexibility index (Phi) is 3.94. The summed E-state index contributed by atoms with van der Waals surface area (Å²) in [5, 5.41) is 2.94. The summed E-state index contributed by atoms with van der Waals surface area (Å²) >= 11 is 3.27. The summed E-state index contributed by atoms with van der Waals surface area (Å²) in [7, 11) is 0. The summed E-state index contributed by atoms with van der Waals surface area (Å²) in [6, 6.07) is 16.7. The molecule has 0 saturated carbocycles. The zero-order valence-corrected chi connectivity index (χ0v) is 13.0. The van der Waals surface area contributed by atoms with Gasteiger partial charge in [-0.05, 0) is 31.4 Å². The molecule has 0 aliphatic carbocycles. The molecule has 0 atom stereocenters. The number of aromatic nitrogens is 2. The maximum Gasteiger partial charge on any atom is 0.188 e. The molecule has 1 aromatic heterocycles. The van der Waals surface area contributed by atoms with Crippen LogP contribution in [0, 0.1) is 6.92 Å². The molecule has 0 spiro atoms. The number of thioether (sulfide) groups is 1. The van der Waals surface area contributed by atoms with Crippen molar-refractivity contribution in [2.75, 3.05) is 6.26 Å². The molecule has 20 heavy (non-hydrogen) atoms. The van der Waals surface area contributed by atoms with E-state index in [0.29, 0.717) is 0 Å². The zero-order chi connectivity index (χ0) is 13.9. The number of fused-ring (bicyclic) bond motifs is 1. The van der Waals surface area contributed by atoms with Crippen molar-refractivity contribution in [2.45, 2.75) is 22.0 Å². The molecular formula is C16H14N2S2. The van der Waals surface area contributed by atoms with Gasteiger partial charge in [0.2, 0.25) is 0 Å². The molecule has 0 radical (unpaired) electrons. The first-order valence-corrected chi connectivity index (χ1v) is 8.36. The Morgan fingerprint density at radius 1 is 0.900 bits per heavy atom. The second-order valence-electron chi connectivity index (χ2n) is 4.45. The molecule has 2 nitrogen and oxygen atoms in total. The predicted molar refractivity (Wildman–Crippen MR) is 86.6 cm³/mol. The lowest BCUT2D eigenvalue weighted by atomic mass is 10.2. The number of hydrogen-bond acceptors (Lipinski definition) is 4. The van der Waals surface area contributed by atoms with Crippen molar-refractivity contribution in [1.82, 2.24) is 9.97 Å². The Labute approximate surface area is 127 Å². The van der Waals surface area contributed by atoms with E-state index in [0.717, 1.165) is 21.1 Å². The molecule has 3 aromatic rings. The SMILES string of the molecule is CSc1nc(Sc2ccc(C)cc2)c2ccccc2n1. The van der Waals surface area contributed by atoms with E-state index in [4.69, 9.17) is 0 Å². The van der Waals surface area contributed by atoms with Gasteiger partial charge in [0.15, 0.2) is 5.16 Å². The fraction of sp³-hybridized carbons (Fsp3) is 0.125. The highest BCUT2D eigenvalue weighted by Gasteiger charge is 2.08. The Balaban J connectivity index is 2.07. The van der Waals surface area contributed by atoms with Crippen LogP contribution in [0.4, 0.5) is 0 Å². The highest BCUT2D eigenvalue weighted by molar-refractivity contribution is 7.99. The topological polar surface area (TPSA) is 25.8 Å². The molecule has 0 aliphatic heterocycles. The van der Waals surface area contributed by atoms with Crippen LogP contribution in [-0.2, 0) is 0 Å². The molecule has 0 unspecified atom stereocenters.